The van der Waals surface area contributed by atoms with E-state index in [0.29, 0.717) is 18.5 Å². The van der Waals surface area contributed by atoms with Crippen LogP contribution in [0.5, 0.6) is 0 Å². The zero-order chi connectivity index (χ0) is 15.4. The van der Waals surface area contributed by atoms with Crippen molar-refractivity contribution in [2.45, 2.75) is 25.4 Å². The molecule has 1 unspecified atom stereocenters. The van der Waals surface area contributed by atoms with Crippen molar-refractivity contribution in [2.75, 3.05) is 19.6 Å². The van der Waals surface area contributed by atoms with E-state index in [2.05, 4.69) is 9.80 Å². The number of rotatable bonds is 2. The maximum atomic E-state index is 12.9. The van der Waals surface area contributed by atoms with Crippen molar-refractivity contribution >= 4 is 5.91 Å². The number of carbonyl (C=O) groups excluding carboxylic acids is 1. The van der Waals surface area contributed by atoms with Gasteiger partial charge in [0.1, 0.15) is 11.5 Å². The molecule has 2 aromatic rings. The number of benzene rings is 1. The van der Waals surface area contributed by atoms with E-state index in [0.717, 1.165) is 29.2 Å². The Labute approximate surface area is 135 Å². The third kappa shape index (κ3) is 2.05. The third-order valence-electron chi connectivity index (χ3n) is 5.69. The van der Waals surface area contributed by atoms with Gasteiger partial charge in [0.2, 0.25) is 0 Å². The van der Waals surface area contributed by atoms with Gasteiger partial charge in [0, 0.05) is 18.2 Å². The largest absolute Gasteiger partial charge is 0.458 e. The van der Waals surface area contributed by atoms with E-state index in [9.17, 15) is 4.79 Å². The molecule has 3 fully saturated rings. The molecule has 2 bridgehead atoms. The molecule has 5 heterocycles. The van der Waals surface area contributed by atoms with Gasteiger partial charge in [-0.2, -0.15) is 0 Å². The molecule has 1 amide bonds. The third-order valence-corrected chi connectivity index (χ3v) is 5.69. The number of furan rings is 1. The monoisotopic (exact) mass is 308 g/mol. The molecule has 4 heteroatoms. The fourth-order valence-corrected chi connectivity index (χ4v) is 4.41. The molecule has 0 aliphatic carbocycles. The summed E-state index contributed by atoms with van der Waals surface area (Å²) in [6.45, 7) is 4.07. The molecule has 0 radical (unpaired) electrons. The summed E-state index contributed by atoms with van der Waals surface area (Å²) < 4.78 is 6.01. The number of piperidine rings is 3. The van der Waals surface area contributed by atoms with Gasteiger partial charge in [0.25, 0.3) is 5.91 Å². The molecule has 1 aromatic carbocycles. The summed E-state index contributed by atoms with van der Waals surface area (Å²) >= 11 is 0. The lowest BCUT2D eigenvalue weighted by molar-refractivity contribution is 0.00723. The van der Waals surface area contributed by atoms with Crippen LogP contribution in [-0.2, 0) is 6.54 Å². The van der Waals surface area contributed by atoms with Crippen LogP contribution in [-0.4, -0.2) is 41.4 Å². The van der Waals surface area contributed by atoms with Crippen LogP contribution in [0.15, 0.2) is 40.8 Å². The van der Waals surface area contributed by atoms with Crippen LogP contribution >= 0.6 is 0 Å². The van der Waals surface area contributed by atoms with Gasteiger partial charge in [0.05, 0.1) is 12.1 Å². The number of nitrogens with zero attached hydrogens (tertiary/aromatic N) is 2. The number of amides is 1. The fraction of sp³-hybridized carbons (Fsp3) is 0.421. The van der Waals surface area contributed by atoms with Gasteiger partial charge >= 0.3 is 0 Å². The van der Waals surface area contributed by atoms with Gasteiger partial charge in [-0.05, 0) is 37.9 Å². The molecule has 0 N–H and O–H groups in total. The maximum Gasteiger partial charge on any atom is 0.258 e. The smallest absolute Gasteiger partial charge is 0.258 e. The van der Waals surface area contributed by atoms with Crippen LogP contribution in [0.1, 0.15) is 29.0 Å². The van der Waals surface area contributed by atoms with Crippen molar-refractivity contribution in [3.8, 4) is 11.3 Å². The van der Waals surface area contributed by atoms with E-state index >= 15 is 0 Å². The number of fused-ring (bicyclic) bond motifs is 4. The first-order chi connectivity index (χ1) is 11.3. The molecule has 4 aliphatic rings. The summed E-state index contributed by atoms with van der Waals surface area (Å²) in [5.74, 6) is 2.47. The lowest BCUT2D eigenvalue weighted by Gasteiger charge is -2.48. The minimum Gasteiger partial charge on any atom is -0.458 e. The van der Waals surface area contributed by atoms with E-state index in [1.165, 1.54) is 25.9 Å². The SMILES string of the molecule is O=C1c2cc(-c3ccccc3)oc2CN1C1CN2CCC1CC2. The van der Waals surface area contributed by atoms with Crippen LogP contribution in [0, 0.1) is 5.92 Å². The van der Waals surface area contributed by atoms with Crippen LogP contribution < -0.4 is 0 Å². The van der Waals surface area contributed by atoms with Crippen molar-refractivity contribution < 1.29 is 9.21 Å². The van der Waals surface area contributed by atoms with Crippen molar-refractivity contribution in [1.82, 2.24) is 9.80 Å². The molecule has 0 spiro atoms. The molecular formula is C19H20N2O2. The highest BCUT2D eigenvalue weighted by Gasteiger charge is 2.43. The lowest BCUT2D eigenvalue weighted by Crippen LogP contribution is -2.57. The van der Waals surface area contributed by atoms with Crippen LogP contribution in [0.3, 0.4) is 0 Å². The summed E-state index contributed by atoms with van der Waals surface area (Å²) in [5.41, 5.74) is 1.80. The van der Waals surface area contributed by atoms with Crippen molar-refractivity contribution in [3.05, 3.63) is 47.7 Å². The van der Waals surface area contributed by atoms with E-state index in [-0.39, 0.29) is 5.91 Å². The second-order valence-corrected chi connectivity index (χ2v) is 6.95. The molecule has 0 saturated carbocycles. The topological polar surface area (TPSA) is 36.7 Å². The first kappa shape index (κ1) is 13.4. The van der Waals surface area contributed by atoms with E-state index in [1.54, 1.807) is 0 Å². The van der Waals surface area contributed by atoms with E-state index in [1.807, 2.05) is 36.4 Å². The molecule has 4 aliphatic heterocycles. The molecule has 6 rings (SSSR count). The molecular weight excluding hydrogens is 288 g/mol. The number of carbonyl (C=O) groups is 1. The van der Waals surface area contributed by atoms with Crippen LogP contribution in [0.25, 0.3) is 11.3 Å². The molecule has 1 aromatic heterocycles. The van der Waals surface area contributed by atoms with Gasteiger partial charge in [-0.3, -0.25) is 4.79 Å². The zero-order valence-corrected chi connectivity index (χ0v) is 13.1. The first-order valence-electron chi connectivity index (χ1n) is 8.51. The molecule has 3 saturated heterocycles. The predicted octanol–water partition coefficient (Wildman–Crippen LogP) is 3.00. The Balaban J connectivity index is 1.42. The van der Waals surface area contributed by atoms with Gasteiger partial charge in [-0.15, -0.1) is 0 Å². The van der Waals surface area contributed by atoms with E-state index < -0.39 is 0 Å². The predicted molar refractivity (Wildman–Crippen MR) is 87.0 cm³/mol. The van der Waals surface area contributed by atoms with Crippen molar-refractivity contribution in [1.29, 1.82) is 0 Å². The maximum absolute atomic E-state index is 12.9. The Morgan fingerprint density at radius 1 is 1.09 bits per heavy atom. The Bertz CT molecular complexity index is 744. The van der Waals surface area contributed by atoms with Crippen molar-refractivity contribution in [3.63, 3.8) is 0 Å². The Morgan fingerprint density at radius 2 is 1.87 bits per heavy atom. The highest BCUT2D eigenvalue weighted by molar-refractivity contribution is 5.99. The molecule has 23 heavy (non-hydrogen) atoms. The molecule has 4 nitrogen and oxygen atoms in total. The molecule has 118 valence electrons. The Hall–Kier alpha value is -2.07. The zero-order valence-electron chi connectivity index (χ0n) is 13.1. The summed E-state index contributed by atoms with van der Waals surface area (Å²) in [6, 6.07) is 12.3. The Morgan fingerprint density at radius 3 is 2.52 bits per heavy atom. The van der Waals surface area contributed by atoms with Crippen LogP contribution in [0.2, 0.25) is 0 Å². The standard InChI is InChI=1S/C19H20N2O2/c22-19-15-10-17(14-4-2-1-3-5-14)23-18(15)12-21(19)16-11-20-8-6-13(16)7-9-20/h1-5,10,13,16H,6-9,11-12H2. The summed E-state index contributed by atoms with van der Waals surface area (Å²) in [4.78, 5) is 17.4. The summed E-state index contributed by atoms with van der Waals surface area (Å²) in [7, 11) is 0. The second-order valence-electron chi connectivity index (χ2n) is 6.95. The average Bonchev–Trinajstić information content (AvgIpc) is 3.16. The number of hydrogen-bond donors (Lipinski definition) is 0. The lowest BCUT2D eigenvalue weighted by atomic mass is 9.83. The van der Waals surface area contributed by atoms with Crippen molar-refractivity contribution in [2.24, 2.45) is 5.92 Å². The summed E-state index contributed by atoms with van der Waals surface area (Å²) in [5, 5.41) is 0. The minimum atomic E-state index is 0.157. The molecule has 1 atom stereocenters. The highest BCUT2D eigenvalue weighted by Crippen LogP contribution is 2.37. The minimum absolute atomic E-state index is 0.157. The van der Waals surface area contributed by atoms with E-state index in [4.69, 9.17) is 4.42 Å². The average molecular weight is 308 g/mol. The second kappa shape index (κ2) is 4.96. The van der Waals surface area contributed by atoms with Gasteiger partial charge in [0.15, 0.2) is 0 Å². The normalized spacial score (nSPS) is 29.1. The quantitative estimate of drug-likeness (QED) is 0.856. The summed E-state index contributed by atoms with van der Waals surface area (Å²) in [6.07, 6.45) is 2.45. The highest BCUT2D eigenvalue weighted by atomic mass is 16.3. The van der Waals surface area contributed by atoms with Crippen LogP contribution in [0.4, 0.5) is 0 Å². The number of hydrogen-bond acceptors (Lipinski definition) is 3. The van der Waals surface area contributed by atoms with Gasteiger partial charge in [-0.1, -0.05) is 30.3 Å². The van der Waals surface area contributed by atoms with Gasteiger partial charge in [-0.25, -0.2) is 0 Å². The first-order valence-corrected chi connectivity index (χ1v) is 8.51. The van der Waals surface area contributed by atoms with Gasteiger partial charge < -0.3 is 14.2 Å². The Kier molecular flexibility index (Phi) is 2.89. The fourth-order valence-electron chi connectivity index (χ4n) is 4.41.